The zero-order valence-electron chi connectivity index (χ0n) is 9.89. The molecule has 1 aromatic heterocycles. The van der Waals surface area contributed by atoms with Gasteiger partial charge in [-0.3, -0.25) is 9.82 Å². The summed E-state index contributed by atoms with van der Waals surface area (Å²) >= 11 is 0. The van der Waals surface area contributed by atoms with Gasteiger partial charge in [0.15, 0.2) is 5.82 Å². The van der Waals surface area contributed by atoms with Crippen molar-refractivity contribution >= 4 is 16.0 Å². The Balaban J connectivity index is 2.14. The highest BCUT2D eigenvalue weighted by Crippen LogP contribution is 2.17. The summed E-state index contributed by atoms with van der Waals surface area (Å²) in [6.45, 7) is 1.04. The van der Waals surface area contributed by atoms with Gasteiger partial charge in [0.25, 0.3) is 0 Å². The van der Waals surface area contributed by atoms with Crippen molar-refractivity contribution in [2.24, 2.45) is 0 Å². The molecular formula is C10H15N5O2S. The van der Waals surface area contributed by atoms with Gasteiger partial charge in [0.05, 0.1) is 6.20 Å². The fraction of sp³-hybridized carbons (Fsp3) is 0.600. The second-order valence-electron chi connectivity index (χ2n) is 4.19. The van der Waals surface area contributed by atoms with Gasteiger partial charge in [-0.15, -0.1) is 0 Å². The van der Waals surface area contributed by atoms with Gasteiger partial charge in [-0.1, -0.05) is 12.8 Å². The molecule has 98 valence electrons. The van der Waals surface area contributed by atoms with Gasteiger partial charge in [0.1, 0.15) is 11.6 Å². The summed E-state index contributed by atoms with van der Waals surface area (Å²) in [6.07, 6.45) is 5.14. The fourth-order valence-corrected chi connectivity index (χ4v) is 3.21. The van der Waals surface area contributed by atoms with Gasteiger partial charge in [-0.05, 0) is 12.8 Å². The quantitative estimate of drug-likeness (QED) is 0.847. The second kappa shape index (κ2) is 5.37. The van der Waals surface area contributed by atoms with E-state index in [0.717, 1.165) is 25.7 Å². The predicted molar refractivity (Wildman–Crippen MR) is 65.9 cm³/mol. The zero-order chi connectivity index (χ0) is 13.0. The average Bonchev–Trinajstić information content (AvgIpc) is 2.62. The van der Waals surface area contributed by atoms with Crippen LogP contribution in [0, 0.1) is 11.3 Å². The molecular weight excluding hydrogens is 254 g/mol. The Bertz CT molecular complexity index is 537. The minimum Gasteiger partial charge on any atom is -0.261 e. The van der Waals surface area contributed by atoms with Crippen LogP contribution in [0.3, 0.4) is 0 Å². The van der Waals surface area contributed by atoms with E-state index in [1.54, 1.807) is 0 Å². The number of anilines is 1. The maximum atomic E-state index is 12.1. The third kappa shape index (κ3) is 2.80. The molecule has 0 bridgehead atoms. The third-order valence-corrected chi connectivity index (χ3v) is 4.40. The molecule has 1 fully saturated rings. The molecule has 1 saturated heterocycles. The maximum absolute atomic E-state index is 12.1. The summed E-state index contributed by atoms with van der Waals surface area (Å²) in [7, 11) is -3.60. The summed E-state index contributed by atoms with van der Waals surface area (Å²) in [6, 6.07) is 1.87. The number of nitriles is 1. The average molecular weight is 269 g/mol. The van der Waals surface area contributed by atoms with E-state index < -0.39 is 10.2 Å². The predicted octanol–water partition coefficient (Wildman–Crippen LogP) is 0.814. The van der Waals surface area contributed by atoms with E-state index in [1.807, 2.05) is 6.07 Å². The lowest BCUT2D eigenvalue weighted by atomic mass is 10.2. The van der Waals surface area contributed by atoms with Gasteiger partial charge < -0.3 is 0 Å². The van der Waals surface area contributed by atoms with E-state index >= 15 is 0 Å². The van der Waals surface area contributed by atoms with Crippen molar-refractivity contribution < 1.29 is 8.42 Å². The van der Waals surface area contributed by atoms with Crippen LogP contribution < -0.4 is 4.72 Å². The lowest BCUT2D eigenvalue weighted by Crippen LogP contribution is -2.36. The van der Waals surface area contributed by atoms with Crippen molar-refractivity contribution in [3.63, 3.8) is 0 Å². The lowest BCUT2D eigenvalue weighted by molar-refractivity contribution is 0.427. The molecule has 0 aromatic carbocycles. The Morgan fingerprint density at radius 3 is 2.61 bits per heavy atom. The summed E-state index contributed by atoms with van der Waals surface area (Å²) in [5, 5.41) is 14.9. The van der Waals surface area contributed by atoms with E-state index in [1.165, 1.54) is 10.5 Å². The fourth-order valence-electron chi connectivity index (χ4n) is 1.92. The number of nitrogens with one attached hydrogen (secondary N) is 2. The van der Waals surface area contributed by atoms with Crippen LogP contribution in [0.5, 0.6) is 0 Å². The second-order valence-corrected chi connectivity index (χ2v) is 5.86. The minimum absolute atomic E-state index is 0.127. The van der Waals surface area contributed by atoms with E-state index in [9.17, 15) is 8.42 Å². The number of aromatic nitrogens is 2. The number of H-pyrrole nitrogens is 1. The van der Waals surface area contributed by atoms with Gasteiger partial charge in [0.2, 0.25) is 0 Å². The SMILES string of the molecule is N#Cc1cn[nH]c1NS(=O)(=O)N1CCCCCC1. The molecule has 7 nitrogen and oxygen atoms in total. The maximum Gasteiger partial charge on any atom is 0.302 e. The molecule has 0 spiro atoms. The van der Waals surface area contributed by atoms with Crippen molar-refractivity contribution in [3.8, 4) is 6.07 Å². The number of rotatable bonds is 3. The Kier molecular flexibility index (Phi) is 3.84. The monoisotopic (exact) mass is 269 g/mol. The van der Waals surface area contributed by atoms with Crippen molar-refractivity contribution in [1.29, 1.82) is 5.26 Å². The van der Waals surface area contributed by atoms with Gasteiger partial charge in [0, 0.05) is 13.1 Å². The smallest absolute Gasteiger partial charge is 0.261 e. The lowest BCUT2D eigenvalue weighted by Gasteiger charge is -2.20. The molecule has 1 aliphatic heterocycles. The number of hydrogen-bond donors (Lipinski definition) is 2. The van der Waals surface area contributed by atoms with Crippen LogP contribution in [0.1, 0.15) is 31.2 Å². The van der Waals surface area contributed by atoms with E-state index in [0.29, 0.717) is 13.1 Å². The minimum atomic E-state index is -3.60. The molecule has 18 heavy (non-hydrogen) atoms. The highest BCUT2D eigenvalue weighted by Gasteiger charge is 2.24. The Morgan fingerprint density at radius 1 is 1.33 bits per heavy atom. The van der Waals surface area contributed by atoms with Crippen LogP contribution in [0.25, 0.3) is 0 Å². The van der Waals surface area contributed by atoms with Gasteiger partial charge >= 0.3 is 10.2 Å². The molecule has 8 heteroatoms. The molecule has 0 saturated carbocycles. The standard InChI is InChI=1S/C10H15N5O2S/c11-7-9-8-12-13-10(9)14-18(16,17)15-5-3-1-2-4-6-15/h8H,1-6H2,(H2,12,13,14). The first-order valence-corrected chi connectivity index (χ1v) is 7.29. The molecule has 1 aromatic rings. The molecule has 0 unspecified atom stereocenters. The number of hydrogen-bond acceptors (Lipinski definition) is 4. The summed E-state index contributed by atoms with van der Waals surface area (Å²) in [4.78, 5) is 0. The Labute approximate surface area is 106 Å². The summed E-state index contributed by atoms with van der Waals surface area (Å²) in [5.41, 5.74) is 0.188. The van der Waals surface area contributed by atoms with Crippen LogP contribution in [-0.4, -0.2) is 36.0 Å². The van der Waals surface area contributed by atoms with Crippen molar-refractivity contribution in [1.82, 2.24) is 14.5 Å². The van der Waals surface area contributed by atoms with E-state index in [4.69, 9.17) is 5.26 Å². The molecule has 0 amide bonds. The van der Waals surface area contributed by atoms with Crippen LogP contribution >= 0.6 is 0 Å². The van der Waals surface area contributed by atoms with Crippen LogP contribution in [0.2, 0.25) is 0 Å². The highest BCUT2D eigenvalue weighted by atomic mass is 32.2. The summed E-state index contributed by atoms with van der Waals surface area (Å²) in [5.74, 6) is 0.127. The molecule has 2 N–H and O–H groups in total. The molecule has 0 aliphatic carbocycles. The summed E-state index contributed by atoms with van der Waals surface area (Å²) < 4.78 is 28.1. The topological polar surface area (TPSA) is 102 Å². The Hall–Kier alpha value is -1.59. The molecule has 0 atom stereocenters. The largest absolute Gasteiger partial charge is 0.302 e. The number of nitrogens with zero attached hydrogens (tertiary/aromatic N) is 3. The van der Waals surface area contributed by atoms with Gasteiger partial charge in [-0.25, -0.2) is 0 Å². The first kappa shape index (κ1) is 12.9. The first-order valence-electron chi connectivity index (χ1n) is 5.85. The number of aromatic amines is 1. The van der Waals surface area contributed by atoms with Gasteiger partial charge in [-0.2, -0.15) is 23.1 Å². The van der Waals surface area contributed by atoms with Crippen molar-refractivity contribution in [3.05, 3.63) is 11.8 Å². The molecule has 0 radical (unpaired) electrons. The normalized spacial score (nSPS) is 17.9. The molecule has 2 rings (SSSR count). The van der Waals surface area contributed by atoms with Crippen LogP contribution in [-0.2, 0) is 10.2 Å². The highest BCUT2D eigenvalue weighted by molar-refractivity contribution is 7.90. The van der Waals surface area contributed by atoms with E-state index in [-0.39, 0.29) is 11.4 Å². The molecule has 2 heterocycles. The van der Waals surface area contributed by atoms with Crippen molar-refractivity contribution in [2.75, 3.05) is 17.8 Å². The van der Waals surface area contributed by atoms with Crippen LogP contribution in [0.4, 0.5) is 5.82 Å². The third-order valence-electron chi connectivity index (χ3n) is 2.90. The molecule has 1 aliphatic rings. The Morgan fingerprint density at radius 2 is 2.00 bits per heavy atom. The zero-order valence-corrected chi connectivity index (χ0v) is 10.7. The van der Waals surface area contributed by atoms with E-state index in [2.05, 4.69) is 14.9 Å². The van der Waals surface area contributed by atoms with Crippen LogP contribution in [0.15, 0.2) is 6.20 Å². The van der Waals surface area contributed by atoms with Crippen molar-refractivity contribution in [2.45, 2.75) is 25.7 Å². The first-order chi connectivity index (χ1) is 8.63.